The summed E-state index contributed by atoms with van der Waals surface area (Å²) in [5.74, 6) is 0.361. The van der Waals surface area contributed by atoms with Crippen molar-refractivity contribution < 1.29 is 14.3 Å². The molecular weight excluding hydrogens is 245 g/mol. The first-order valence-corrected chi connectivity index (χ1v) is 6.76. The van der Waals surface area contributed by atoms with Crippen LogP contribution in [0.15, 0.2) is 24.3 Å². The van der Waals surface area contributed by atoms with Gasteiger partial charge in [-0.25, -0.2) is 4.39 Å². The Hall–Kier alpha value is -1.42. The van der Waals surface area contributed by atoms with Gasteiger partial charge in [-0.1, -0.05) is 19.1 Å². The number of benzene rings is 1. The summed E-state index contributed by atoms with van der Waals surface area (Å²) in [5.41, 5.74) is 1.03. The SMILES string of the molecule is CC(CCO)CNC(=O)C1CC1c1ccc(F)cc1. The maximum atomic E-state index is 12.8. The highest BCUT2D eigenvalue weighted by Crippen LogP contribution is 2.47. The summed E-state index contributed by atoms with van der Waals surface area (Å²) in [6.45, 7) is 2.76. The highest BCUT2D eigenvalue weighted by molar-refractivity contribution is 5.82. The zero-order valence-electron chi connectivity index (χ0n) is 11.1. The van der Waals surface area contributed by atoms with Gasteiger partial charge in [0.05, 0.1) is 0 Å². The number of amides is 1. The van der Waals surface area contributed by atoms with E-state index in [-0.39, 0.29) is 36.1 Å². The second-order valence-electron chi connectivity index (χ2n) is 5.36. The van der Waals surface area contributed by atoms with Crippen LogP contribution in [0.3, 0.4) is 0 Å². The summed E-state index contributed by atoms with van der Waals surface area (Å²) in [4.78, 5) is 11.9. The molecule has 0 spiro atoms. The number of carbonyl (C=O) groups is 1. The van der Waals surface area contributed by atoms with E-state index < -0.39 is 0 Å². The third-order valence-corrected chi connectivity index (χ3v) is 3.67. The summed E-state index contributed by atoms with van der Waals surface area (Å²) >= 11 is 0. The van der Waals surface area contributed by atoms with E-state index in [1.54, 1.807) is 12.1 Å². The zero-order valence-corrected chi connectivity index (χ0v) is 11.1. The van der Waals surface area contributed by atoms with E-state index in [4.69, 9.17) is 5.11 Å². The molecule has 0 aliphatic heterocycles. The van der Waals surface area contributed by atoms with Crippen LogP contribution in [0, 0.1) is 17.7 Å². The van der Waals surface area contributed by atoms with Gasteiger partial charge in [-0.15, -0.1) is 0 Å². The molecule has 1 aliphatic carbocycles. The summed E-state index contributed by atoms with van der Waals surface area (Å²) in [5, 5.41) is 11.7. The van der Waals surface area contributed by atoms with Gasteiger partial charge in [0.1, 0.15) is 5.82 Å². The first-order chi connectivity index (χ1) is 9.11. The number of aliphatic hydroxyl groups excluding tert-OH is 1. The van der Waals surface area contributed by atoms with Crippen molar-refractivity contribution in [2.75, 3.05) is 13.2 Å². The molecule has 3 nitrogen and oxygen atoms in total. The Morgan fingerprint density at radius 3 is 2.79 bits per heavy atom. The molecule has 1 aromatic rings. The van der Waals surface area contributed by atoms with Gasteiger partial charge in [0.2, 0.25) is 5.91 Å². The first kappa shape index (κ1) is 14.0. The Kier molecular flexibility index (Phi) is 4.53. The Labute approximate surface area is 112 Å². The topological polar surface area (TPSA) is 49.3 Å². The highest BCUT2D eigenvalue weighted by atomic mass is 19.1. The predicted octanol–water partition coefficient (Wildman–Crippen LogP) is 2.06. The molecule has 2 N–H and O–H groups in total. The lowest BCUT2D eigenvalue weighted by atomic mass is 10.1. The summed E-state index contributed by atoms with van der Waals surface area (Å²) < 4.78 is 12.8. The van der Waals surface area contributed by atoms with Crippen molar-refractivity contribution in [1.82, 2.24) is 5.32 Å². The number of rotatable bonds is 6. The lowest BCUT2D eigenvalue weighted by Gasteiger charge is -2.11. The van der Waals surface area contributed by atoms with Gasteiger partial charge >= 0.3 is 0 Å². The summed E-state index contributed by atoms with van der Waals surface area (Å²) in [6, 6.07) is 6.38. The number of carbonyl (C=O) groups excluding carboxylic acids is 1. The number of nitrogens with one attached hydrogen (secondary N) is 1. The van der Waals surface area contributed by atoms with Gasteiger partial charge in [0.25, 0.3) is 0 Å². The molecule has 3 atom stereocenters. The molecule has 0 radical (unpaired) electrons. The lowest BCUT2D eigenvalue weighted by molar-refractivity contribution is -0.122. The molecule has 1 fully saturated rings. The average Bonchev–Trinajstić information content (AvgIpc) is 3.17. The van der Waals surface area contributed by atoms with Gasteiger partial charge < -0.3 is 10.4 Å². The number of halogens is 1. The molecule has 1 amide bonds. The molecule has 1 aromatic carbocycles. The predicted molar refractivity (Wildman–Crippen MR) is 71.1 cm³/mol. The second kappa shape index (κ2) is 6.15. The molecule has 1 saturated carbocycles. The van der Waals surface area contributed by atoms with Gasteiger partial charge in [0, 0.05) is 19.1 Å². The van der Waals surface area contributed by atoms with Gasteiger partial charge in [0.15, 0.2) is 0 Å². The number of aliphatic hydroxyl groups is 1. The maximum absolute atomic E-state index is 12.8. The smallest absolute Gasteiger partial charge is 0.223 e. The molecule has 19 heavy (non-hydrogen) atoms. The third kappa shape index (κ3) is 3.77. The van der Waals surface area contributed by atoms with Crippen LogP contribution in [-0.2, 0) is 4.79 Å². The molecule has 3 unspecified atom stereocenters. The Morgan fingerprint density at radius 1 is 1.47 bits per heavy atom. The molecule has 0 aromatic heterocycles. The van der Waals surface area contributed by atoms with Crippen LogP contribution in [0.1, 0.15) is 31.2 Å². The molecular formula is C15H20FNO2. The van der Waals surface area contributed by atoms with E-state index >= 15 is 0 Å². The van der Waals surface area contributed by atoms with Crippen LogP contribution in [0.5, 0.6) is 0 Å². The Balaban J connectivity index is 1.79. The van der Waals surface area contributed by atoms with Crippen molar-refractivity contribution in [3.63, 3.8) is 0 Å². The van der Waals surface area contributed by atoms with Gasteiger partial charge in [-0.05, 0) is 42.4 Å². The summed E-state index contributed by atoms with van der Waals surface area (Å²) in [7, 11) is 0. The quantitative estimate of drug-likeness (QED) is 0.827. The number of hydrogen-bond acceptors (Lipinski definition) is 2. The van der Waals surface area contributed by atoms with Crippen molar-refractivity contribution >= 4 is 5.91 Å². The van der Waals surface area contributed by atoms with Crippen LogP contribution in [0.2, 0.25) is 0 Å². The van der Waals surface area contributed by atoms with Crippen LogP contribution < -0.4 is 5.32 Å². The second-order valence-corrected chi connectivity index (χ2v) is 5.36. The average molecular weight is 265 g/mol. The Morgan fingerprint density at radius 2 is 2.16 bits per heavy atom. The molecule has 1 aliphatic rings. The molecule has 4 heteroatoms. The molecule has 2 rings (SSSR count). The Bertz CT molecular complexity index is 432. The minimum atomic E-state index is -0.247. The van der Waals surface area contributed by atoms with Gasteiger partial charge in [-0.2, -0.15) is 0 Å². The normalized spacial score (nSPS) is 22.9. The number of hydrogen-bond donors (Lipinski definition) is 2. The van der Waals surface area contributed by atoms with Crippen LogP contribution in [0.4, 0.5) is 4.39 Å². The van der Waals surface area contributed by atoms with Crippen molar-refractivity contribution in [2.45, 2.75) is 25.7 Å². The van der Waals surface area contributed by atoms with Crippen molar-refractivity contribution in [3.8, 4) is 0 Å². The van der Waals surface area contributed by atoms with Crippen molar-refractivity contribution in [1.29, 1.82) is 0 Å². The minimum Gasteiger partial charge on any atom is -0.396 e. The van der Waals surface area contributed by atoms with E-state index in [1.807, 2.05) is 6.92 Å². The molecule has 0 heterocycles. The highest BCUT2D eigenvalue weighted by Gasteiger charge is 2.43. The van der Waals surface area contributed by atoms with Crippen LogP contribution in [-0.4, -0.2) is 24.2 Å². The zero-order chi connectivity index (χ0) is 13.8. The molecule has 104 valence electrons. The van der Waals surface area contributed by atoms with Crippen molar-refractivity contribution in [3.05, 3.63) is 35.6 Å². The van der Waals surface area contributed by atoms with E-state index in [1.165, 1.54) is 12.1 Å². The van der Waals surface area contributed by atoms with Gasteiger partial charge in [-0.3, -0.25) is 4.79 Å². The maximum Gasteiger partial charge on any atom is 0.223 e. The summed E-state index contributed by atoms with van der Waals surface area (Å²) in [6.07, 6.45) is 1.54. The largest absolute Gasteiger partial charge is 0.396 e. The fraction of sp³-hybridized carbons (Fsp3) is 0.533. The van der Waals surface area contributed by atoms with E-state index in [0.29, 0.717) is 13.0 Å². The molecule has 0 bridgehead atoms. The fourth-order valence-electron chi connectivity index (χ4n) is 2.29. The van der Waals surface area contributed by atoms with Crippen LogP contribution >= 0.6 is 0 Å². The third-order valence-electron chi connectivity index (χ3n) is 3.67. The van der Waals surface area contributed by atoms with Crippen molar-refractivity contribution in [2.24, 2.45) is 11.8 Å². The fourth-order valence-corrected chi connectivity index (χ4v) is 2.29. The van der Waals surface area contributed by atoms with E-state index in [9.17, 15) is 9.18 Å². The van der Waals surface area contributed by atoms with E-state index in [0.717, 1.165) is 12.0 Å². The monoisotopic (exact) mass is 265 g/mol. The first-order valence-electron chi connectivity index (χ1n) is 6.76. The standard InChI is InChI=1S/C15H20FNO2/c1-10(6-7-18)9-17-15(19)14-8-13(14)11-2-4-12(16)5-3-11/h2-5,10,13-14,18H,6-9H2,1H3,(H,17,19). The van der Waals surface area contributed by atoms with Crippen LogP contribution in [0.25, 0.3) is 0 Å². The minimum absolute atomic E-state index is 0.0202. The molecule has 0 saturated heterocycles. The lowest BCUT2D eigenvalue weighted by Crippen LogP contribution is -2.30. The van der Waals surface area contributed by atoms with E-state index in [2.05, 4.69) is 5.32 Å².